The molecular formula is C21H31N5O2. The molecule has 7 nitrogen and oxygen atoms in total. The number of carbonyl (C=O) groups is 1. The Morgan fingerprint density at radius 3 is 2.61 bits per heavy atom. The average molecular weight is 386 g/mol. The normalized spacial score (nSPS) is 22.5. The van der Waals surface area contributed by atoms with Gasteiger partial charge < -0.3 is 15.2 Å². The first-order chi connectivity index (χ1) is 13.4. The van der Waals surface area contributed by atoms with Crippen molar-refractivity contribution in [2.24, 2.45) is 0 Å². The van der Waals surface area contributed by atoms with Crippen molar-refractivity contribution in [3.8, 4) is 0 Å². The number of fused-ring (bicyclic) bond motifs is 1. The largest absolute Gasteiger partial charge is 0.338 e. The maximum absolute atomic E-state index is 13.0. The zero-order chi connectivity index (χ0) is 19.9. The number of aromatic amines is 1. The number of imidazole rings is 1. The molecule has 0 radical (unpaired) electrons. The van der Waals surface area contributed by atoms with Gasteiger partial charge in [0.25, 0.3) is 0 Å². The highest BCUT2D eigenvalue weighted by atomic mass is 16.2. The monoisotopic (exact) mass is 385 g/mol. The van der Waals surface area contributed by atoms with Crippen molar-refractivity contribution < 1.29 is 4.79 Å². The summed E-state index contributed by atoms with van der Waals surface area (Å²) >= 11 is 0. The summed E-state index contributed by atoms with van der Waals surface area (Å²) in [5.74, 6) is 0.220. The van der Waals surface area contributed by atoms with Gasteiger partial charge in [-0.3, -0.25) is 14.3 Å². The van der Waals surface area contributed by atoms with Crippen LogP contribution in [-0.2, 0) is 4.79 Å². The van der Waals surface area contributed by atoms with Gasteiger partial charge in [0, 0.05) is 44.3 Å². The Labute approximate surface area is 165 Å². The van der Waals surface area contributed by atoms with Gasteiger partial charge in [0.1, 0.15) is 0 Å². The van der Waals surface area contributed by atoms with Crippen LogP contribution in [0.2, 0.25) is 0 Å². The zero-order valence-corrected chi connectivity index (χ0v) is 17.1. The fourth-order valence-corrected chi connectivity index (χ4v) is 4.72. The first-order valence-electron chi connectivity index (χ1n) is 10.3. The minimum Gasteiger partial charge on any atom is -0.338 e. The minimum atomic E-state index is -0.116. The van der Waals surface area contributed by atoms with E-state index >= 15 is 0 Å². The number of carbonyl (C=O) groups excluding carboxylic acids is 1. The summed E-state index contributed by atoms with van der Waals surface area (Å²) in [5.41, 5.74) is 1.79. The van der Waals surface area contributed by atoms with Crippen molar-refractivity contribution in [2.45, 2.75) is 51.2 Å². The van der Waals surface area contributed by atoms with E-state index < -0.39 is 0 Å². The van der Waals surface area contributed by atoms with Crippen LogP contribution in [0.3, 0.4) is 0 Å². The molecule has 2 aromatic rings. The number of aromatic nitrogens is 2. The Morgan fingerprint density at radius 1 is 1.18 bits per heavy atom. The number of hydrogen-bond acceptors (Lipinski definition) is 4. The number of hydrogen-bond donors (Lipinski definition) is 2. The molecule has 0 aliphatic carbocycles. The summed E-state index contributed by atoms with van der Waals surface area (Å²) in [5, 5.41) is 3.46. The van der Waals surface area contributed by atoms with Gasteiger partial charge in [-0.05, 0) is 45.7 Å². The smallest absolute Gasteiger partial charge is 0.326 e. The molecule has 0 spiro atoms. The minimum absolute atomic E-state index is 0.0306. The van der Waals surface area contributed by atoms with E-state index in [1.807, 2.05) is 40.7 Å². The molecule has 2 aliphatic rings. The summed E-state index contributed by atoms with van der Waals surface area (Å²) in [7, 11) is 0. The van der Waals surface area contributed by atoms with Crippen LogP contribution in [0.4, 0.5) is 0 Å². The highest BCUT2D eigenvalue weighted by molar-refractivity contribution is 5.81. The Kier molecular flexibility index (Phi) is 5.05. The molecule has 1 atom stereocenters. The summed E-state index contributed by atoms with van der Waals surface area (Å²) in [6.45, 7) is 10.3. The molecule has 1 amide bonds. The van der Waals surface area contributed by atoms with E-state index in [4.69, 9.17) is 0 Å². The number of amides is 1. The Morgan fingerprint density at radius 2 is 1.89 bits per heavy atom. The van der Waals surface area contributed by atoms with Gasteiger partial charge in [0.05, 0.1) is 17.1 Å². The lowest BCUT2D eigenvalue weighted by Gasteiger charge is -2.42. The standard InChI is InChI=1S/C21H31N5O2/c1-15(19(27)25-13-10-22-21(2,3)14-25)24-11-8-16(9-12-24)26-18-7-5-4-6-17(18)23-20(26)28/h4-7,15-16,22H,8-14H2,1-3H3,(H,23,28)/t15-/m0/s1. The molecule has 2 fully saturated rings. The van der Waals surface area contributed by atoms with Gasteiger partial charge >= 0.3 is 5.69 Å². The van der Waals surface area contributed by atoms with Crippen LogP contribution < -0.4 is 11.0 Å². The van der Waals surface area contributed by atoms with Crippen LogP contribution in [0.15, 0.2) is 29.1 Å². The fourth-order valence-electron chi connectivity index (χ4n) is 4.72. The summed E-state index contributed by atoms with van der Waals surface area (Å²) in [6.07, 6.45) is 1.76. The quantitative estimate of drug-likeness (QED) is 0.841. The van der Waals surface area contributed by atoms with E-state index in [1.54, 1.807) is 0 Å². The van der Waals surface area contributed by atoms with Gasteiger partial charge in [0.2, 0.25) is 5.91 Å². The van der Waals surface area contributed by atoms with Crippen molar-refractivity contribution >= 4 is 16.9 Å². The van der Waals surface area contributed by atoms with Crippen LogP contribution in [0, 0.1) is 0 Å². The number of benzene rings is 1. The van der Waals surface area contributed by atoms with Crippen LogP contribution in [0.1, 0.15) is 39.7 Å². The van der Waals surface area contributed by atoms with Crippen molar-refractivity contribution in [3.63, 3.8) is 0 Å². The average Bonchev–Trinajstić information content (AvgIpc) is 3.02. The SMILES string of the molecule is C[C@@H](C(=O)N1CCNC(C)(C)C1)N1CCC(n2c(=O)[nH]c3ccccc32)CC1. The highest BCUT2D eigenvalue weighted by Crippen LogP contribution is 2.26. The molecule has 0 unspecified atom stereocenters. The molecule has 1 aromatic carbocycles. The molecule has 28 heavy (non-hydrogen) atoms. The molecule has 0 saturated carbocycles. The Balaban J connectivity index is 1.41. The number of piperazine rings is 1. The van der Waals surface area contributed by atoms with Crippen molar-refractivity contribution in [1.29, 1.82) is 0 Å². The van der Waals surface area contributed by atoms with Crippen molar-refractivity contribution in [2.75, 3.05) is 32.7 Å². The Hall–Kier alpha value is -2.12. The molecular weight excluding hydrogens is 354 g/mol. The lowest BCUT2D eigenvalue weighted by molar-refractivity contribution is -0.139. The first kappa shape index (κ1) is 19.2. The third-order valence-corrected chi connectivity index (χ3v) is 6.28. The lowest BCUT2D eigenvalue weighted by atomic mass is 10.00. The van der Waals surface area contributed by atoms with Gasteiger partial charge in [0.15, 0.2) is 0 Å². The third-order valence-electron chi connectivity index (χ3n) is 6.28. The van der Waals surface area contributed by atoms with Crippen LogP contribution in [0.5, 0.6) is 0 Å². The maximum atomic E-state index is 13.0. The van der Waals surface area contributed by atoms with E-state index in [0.717, 1.165) is 56.6 Å². The van der Waals surface area contributed by atoms with Crippen LogP contribution in [-0.4, -0.2) is 69.6 Å². The number of piperidine rings is 1. The predicted octanol–water partition coefficient (Wildman–Crippen LogP) is 1.57. The maximum Gasteiger partial charge on any atom is 0.326 e. The second-order valence-electron chi connectivity index (χ2n) is 8.83. The molecule has 2 saturated heterocycles. The topological polar surface area (TPSA) is 73.4 Å². The third kappa shape index (κ3) is 3.61. The molecule has 1 aromatic heterocycles. The van der Waals surface area contributed by atoms with Gasteiger partial charge in [-0.25, -0.2) is 4.79 Å². The van der Waals surface area contributed by atoms with Crippen LogP contribution in [0.25, 0.3) is 11.0 Å². The van der Waals surface area contributed by atoms with Gasteiger partial charge in [-0.15, -0.1) is 0 Å². The molecule has 4 rings (SSSR count). The molecule has 2 N–H and O–H groups in total. The number of nitrogens with zero attached hydrogens (tertiary/aromatic N) is 3. The van der Waals surface area contributed by atoms with Crippen LogP contribution >= 0.6 is 0 Å². The second-order valence-corrected chi connectivity index (χ2v) is 8.83. The molecule has 0 bridgehead atoms. The van der Waals surface area contributed by atoms with E-state index in [9.17, 15) is 9.59 Å². The highest BCUT2D eigenvalue weighted by Gasteiger charge is 2.34. The van der Waals surface area contributed by atoms with E-state index in [-0.39, 0.29) is 29.2 Å². The van der Waals surface area contributed by atoms with E-state index in [2.05, 4.69) is 29.0 Å². The van der Waals surface area contributed by atoms with Gasteiger partial charge in [-0.2, -0.15) is 0 Å². The number of H-pyrrole nitrogens is 1. The summed E-state index contributed by atoms with van der Waals surface area (Å²) < 4.78 is 1.90. The summed E-state index contributed by atoms with van der Waals surface area (Å²) in [6, 6.07) is 7.91. The fraction of sp³-hybridized carbons (Fsp3) is 0.619. The van der Waals surface area contributed by atoms with Crippen molar-refractivity contribution in [3.05, 3.63) is 34.7 Å². The number of para-hydroxylation sites is 2. The number of likely N-dealkylation sites (tertiary alicyclic amines) is 1. The second kappa shape index (κ2) is 7.37. The molecule has 7 heteroatoms. The molecule has 2 aliphatic heterocycles. The molecule has 3 heterocycles. The molecule has 152 valence electrons. The summed E-state index contributed by atoms with van der Waals surface area (Å²) in [4.78, 5) is 32.7. The van der Waals surface area contributed by atoms with Gasteiger partial charge in [-0.1, -0.05) is 12.1 Å². The lowest BCUT2D eigenvalue weighted by Crippen LogP contribution is -2.61. The van der Waals surface area contributed by atoms with E-state index in [0.29, 0.717) is 0 Å². The number of nitrogens with one attached hydrogen (secondary N) is 2. The Bertz CT molecular complexity index is 907. The van der Waals surface area contributed by atoms with Crippen molar-refractivity contribution in [1.82, 2.24) is 24.7 Å². The van der Waals surface area contributed by atoms with E-state index in [1.165, 1.54) is 0 Å². The first-order valence-corrected chi connectivity index (χ1v) is 10.3. The number of rotatable bonds is 3. The predicted molar refractivity (Wildman–Crippen MR) is 111 cm³/mol. The zero-order valence-electron chi connectivity index (χ0n) is 17.1.